The fraction of sp³-hybridized carbons (Fsp3) is 0.444. The molecule has 2 aliphatic rings. The average Bonchev–Trinajstić information content (AvgIpc) is 3.17. The highest BCUT2D eigenvalue weighted by Crippen LogP contribution is 2.67. The van der Waals surface area contributed by atoms with Crippen molar-refractivity contribution in [1.29, 1.82) is 0 Å². The molecule has 0 bridgehead atoms. The summed E-state index contributed by atoms with van der Waals surface area (Å²) in [5.41, 5.74) is 4.08. The van der Waals surface area contributed by atoms with E-state index in [0.717, 1.165) is 64.1 Å². The molecule has 0 amide bonds. The molecule has 1 aliphatic heterocycles. The van der Waals surface area contributed by atoms with Gasteiger partial charge in [0.1, 0.15) is 11.6 Å². The average molecular weight is 490 g/mol. The molecule has 2 fully saturated rings. The number of aromatic nitrogens is 4. The lowest BCUT2D eigenvalue weighted by Gasteiger charge is -2.21. The van der Waals surface area contributed by atoms with Crippen LogP contribution in [0, 0.1) is 17.8 Å². The lowest BCUT2D eigenvalue weighted by molar-refractivity contribution is 0.422. The summed E-state index contributed by atoms with van der Waals surface area (Å²) in [7, 11) is 2.05. The summed E-state index contributed by atoms with van der Waals surface area (Å²) in [6.45, 7) is 15.1. The monoisotopic (exact) mass is 489 g/mol. The van der Waals surface area contributed by atoms with Crippen molar-refractivity contribution in [3.63, 3.8) is 0 Å². The van der Waals surface area contributed by atoms with E-state index in [0.29, 0.717) is 10.8 Å². The maximum Gasteiger partial charge on any atom is 0.196 e. The molecule has 1 aromatic carbocycles. The lowest BCUT2D eigenvalue weighted by atomic mass is 9.95. The van der Waals surface area contributed by atoms with Gasteiger partial charge in [-0.2, -0.15) is 5.10 Å². The second-order valence-electron chi connectivity index (χ2n) is 10.5. The summed E-state index contributed by atoms with van der Waals surface area (Å²) in [5.74, 6) is 2.50. The van der Waals surface area contributed by atoms with Gasteiger partial charge in [0.25, 0.3) is 0 Å². The Labute approximate surface area is 212 Å². The SMILES string of the molecule is C=C(CC)N(C)c1ccc(Sc2nc(Nc3cc(C)[nH]n3)cc(N3CCC4(C3)CC4(C)C)n2)cc1. The number of nitrogens with zero attached hydrogens (tertiary/aromatic N) is 5. The van der Waals surface area contributed by atoms with Crippen molar-refractivity contribution >= 4 is 34.9 Å². The van der Waals surface area contributed by atoms with Crippen LogP contribution < -0.4 is 15.1 Å². The first-order chi connectivity index (χ1) is 16.7. The lowest BCUT2D eigenvalue weighted by Crippen LogP contribution is -2.23. The van der Waals surface area contributed by atoms with Gasteiger partial charge in [-0.3, -0.25) is 5.10 Å². The predicted octanol–water partition coefficient (Wildman–Crippen LogP) is 6.39. The molecule has 3 aromatic rings. The number of H-pyrrole nitrogens is 1. The topological polar surface area (TPSA) is 73.0 Å². The van der Waals surface area contributed by atoms with Crippen molar-refractivity contribution in [2.45, 2.75) is 57.0 Å². The predicted molar refractivity (Wildman–Crippen MR) is 145 cm³/mol. The third-order valence-corrected chi connectivity index (χ3v) is 8.61. The van der Waals surface area contributed by atoms with E-state index in [1.165, 1.54) is 12.8 Å². The van der Waals surface area contributed by atoms with E-state index >= 15 is 0 Å². The van der Waals surface area contributed by atoms with Crippen LogP contribution in [0.4, 0.5) is 23.1 Å². The van der Waals surface area contributed by atoms with Gasteiger partial charge in [0.05, 0.1) is 0 Å². The minimum absolute atomic E-state index is 0.429. The molecule has 1 unspecified atom stereocenters. The molecule has 0 radical (unpaired) electrons. The maximum atomic E-state index is 4.98. The Hall–Kier alpha value is -3.00. The van der Waals surface area contributed by atoms with Crippen molar-refractivity contribution in [1.82, 2.24) is 20.2 Å². The zero-order valence-corrected chi connectivity index (χ0v) is 22.2. The Balaban J connectivity index is 1.39. The summed E-state index contributed by atoms with van der Waals surface area (Å²) in [5, 5.41) is 11.4. The second kappa shape index (κ2) is 8.90. The van der Waals surface area contributed by atoms with Crippen LogP contribution in [0.1, 0.15) is 45.7 Å². The van der Waals surface area contributed by atoms with Crippen molar-refractivity contribution in [2.24, 2.45) is 10.8 Å². The standard InChI is InChI=1S/C27H35N7S/c1-7-19(3)33(6)20-8-10-21(11-9-20)35-25-29-22(28-23-14-18(2)31-32-23)15-24(30-25)34-13-12-27(17-34)16-26(27,4)5/h8-11,14-15H,3,7,12-13,16-17H2,1-2,4-6H3,(H2,28,29,30,31,32). The first-order valence-electron chi connectivity index (χ1n) is 12.3. The fourth-order valence-corrected chi connectivity index (χ4v) is 5.89. The van der Waals surface area contributed by atoms with Crippen LogP contribution in [0.25, 0.3) is 0 Å². The Morgan fingerprint density at radius 1 is 1.20 bits per heavy atom. The van der Waals surface area contributed by atoms with E-state index in [1.807, 2.05) is 13.0 Å². The number of hydrogen-bond donors (Lipinski definition) is 2. The second-order valence-corrected chi connectivity index (χ2v) is 11.6. The van der Waals surface area contributed by atoms with Crippen LogP contribution in [0.15, 0.2) is 58.7 Å². The molecule has 2 N–H and O–H groups in total. The molecule has 1 atom stereocenters. The van der Waals surface area contributed by atoms with Gasteiger partial charge in [-0.15, -0.1) is 0 Å². The fourth-order valence-electron chi connectivity index (χ4n) is 5.13. The minimum Gasteiger partial charge on any atom is -0.356 e. The number of aryl methyl sites for hydroxylation is 1. The molecule has 5 rings (SSSR count). The third-order valence-electron chi connectivity index (χ3n) is 7.74. The molecule has 184 valence electrons. The number of nitrogens with one attached hydrogen (secondary N) is 2. The zero-order chi connectivity index (χ0) is 24.8. The number of benzene rings is 1. The molecule has 3 heterocycles. The maximum absolute atomic E-state index is 4.98. The Morgan fingerprint density at radius 2 is 1.94 bits per heavy atom. The van der Waals surface area contributed by atoms with E-state index in [1.54, 1.807) is 11.8 Å². The number of aromatic amines is 1. The first kappa shape index (κ1) is 23.7. The summed E-state index contributed by atoms with van der Waals surface area (Å²) >= 11 is 1.58. The van der Waals surface area contributed by atoms with Crippen molar-refractivity contribution < 1.29 is 0 Å². The van der Waals surface area contributed by atoms with Gasteiger partial charge in [0, 0.05) is 54.2 Å². The molecule has 1 saturated carbocycles. The van der Waals surface area contributed by atoms with Gasteiger partial charge in [-0.25, -0.2) is 9.97 Å². The zero-order valence-electron chi connectivity index (χ0n) is 21.4. The van der Waals surface area contributed by atoms with E-state index in [9.17, 15) is 0 Å². The minimum atomic E-state index is 0.429. The van der Waals surface area contributed by atoms with E-state index < -0.39 is 0 Å². The van der Waals surface area contributed by atoms with Gasteiger partial charge in [-0.1, -0.05) is 27.4 Å². The Bertz CT molecular complexity index is 1230. The highest BCUT2D eigenvalue weighted by molar-refractivity contribution is 7.99. The quantitative estimate of drug-likeness (QED) is 0.355. The van der Waals surface area contributed by atoms with E-state index in [2.05, 4.69) is 90.0 Å². The third kappa shape index (κ3) is 4.76. The summed E-state index contributed by atoms with van der Waals surface area (Å²) in [6.07, 6.45) is 3.45. The van der Waals surface area contributed by atoms with Crippen LogP contribution in [0.5, 0.6) is 0 Å². The van der Waals surface area contributed by atoms with Crippen LogP contribution in [0.3, 0.4) is 0 Å². The molecular weight excluding hydrogens is 454 g/mol. The van der Waals surface area contributed by atoms with Gasteiger partial charge in [0.15, 0.2) is 11.0 Å². The largest absolute Gasteiger partial charge is 0.356 e. The van der Waals surface area contributed by atoms with Crippen LogP contribution >= 0.6 is 11.8 Å². The summed E-state index contributed by atoms with van der Waals surface area (Å²) in [4.78, 5) is 15.5. The van der Waals surface area contributed by atoms with E-state index in [4.69, 9.17) is 9.97 Å². The number of anilines is 4. The van der Waals surface area contributed by atoms with Crippen molar-refractivity contribution in [3.05, 3.63) is 54.4 Å². The number of allylic oxidation sites excluding steroid dienone is 1. The molecule has 1 saturated heterocycles. The summed E-state index contributed by atoms with van der Waals surface area (Å²) < 4.78 is 0. The highest BCUT2D eigenvalue weighted by Gasteiger charge is 2.63. The van der Waals surface area contributed by atoms with Gasteiger partial charge in [0.2, 0.25) is 0 Å². The van der Waals surface area contributed by atoms with Crippen molar-refractivity contribution in [2.75, 3.05) is 35.3 Å². The van der Waals surface area contributed by atoms with E-state index in [-0.39, 0.29) is 0 Å². The van der Waals surface area contributed by atoms with Crippen molar-refractivity contribution in [3.8, 4) is 0 Å². The Kier molecular flexibility index (Phi) is 6.03. The van der Waals surface area contributed by atoms with Crippen LogP contribution in [0.2, 0.25) is 0 Å². The Morgan fingerprint density at radius 3 is 2.54 bits per heavy atom. The van der Waals surface area contributed by atoms with Crippen LogP contribution in [-0.4, -0.2) is 40.3 Å². The number of rotatable bonds is 8. The molecule has 2 aromatic heterocycles. The molecule has 35 heavy (non-hydrogen) atoms. The highest BCUT2D eigenvalue weighted by atomic mass is 32.2. The molecule has 1 spiro atoms. The molecule has 7 nitrogen and oxygen atoms in total. The molecule has 1 aliphatic carbocycles. The van der Waals surface area contributed by atoms with Crippen LogP contribution in [-0.2, 0) is 0 Å². The molecule has 8 heteroatoms. The normalized spacial score (nSPS) is 20.3. The van der Waals surface area contributed by atoms with Gasteiger partial charge >= 0.3 is 0 Å². The van der Waals surface area contributed by atoms with Gasteiger partial charge in [-0.05, 0) is 73.0 Å². The summed E-state index contributed by atoms with van der Waals surface area (Å²) in [6, 6.07) is 12.5. The smallest absolute Gasteiger partial charge is 0.196 e. The number of hydrogen-bond acceptors (Lipinski definition) is 7. The first-order valence-corrected chi connectivity index (χ1v) is 13.1. The van der Waals surface area contributed by atoms with Gasteiger partial charge < -0.3 is 15.1 Å². The molecular formula is C27H35N7S.